The van der Waals surface area contributed by atoms with E-state index < -0.39 is 0 Å². The van der Waals surface area contributed by atoms with Gasteiger partial charge in [0.2, 0.25) is 0 Å². The van der Waals surface area contributed by atoms with Crippen LogP contribution in [0.25, 0.3) is 0 Å². The molecule has 0 unspecified atom stereocenters. The number of carbonyl (C=O) groups excluding carboxylic acids is 1. The summed E-state index contributed by atoms with van der Waals surface area (Å²) in [5.74, 6) is 0.0920. The largest absolute Gasteiger partial charge is 0.295 e. The maximum absolute atomic E-state index is 11.0. The van der Waals surface area contributed by atoms with E-state index in [2.05, 4.69) is 12.6 Å². The fourth-order valence-corrected chi connectivity index (χ4v) is 1.01. The zero-order valence-corrected chi connectivity index (χ0v) is 7.13. The minimum atomic E-state index is 0.0920. The molecule has 0 aliphatic rings. The zero-order chi connectivity index (χ0) is 8.97. The molecule has 1 rings (SSSR count). The minimum absolute atomic E-state index is 0.0920. The van der Waals surface area contributed by atoms with Crippen molar-refractivity contribution in [2.75, 3.05) is 0 Å². The average Bonchev–Trinajstić information content (AvgIpc) is 2.05. The van der Waals surface area contributed by atoms with Crippen molar-refractivity contribution >= 4 is 5.78 Å². The van der Waals surface area contributed by atoms with Crippen molar-refractivity contribution in [1.29, 1.82) is 0 Å². The molecule has 0 bridgehead atoms. The van der Waals surface area contributed by atoms with E-state index in [1.54, 1.807) is 25.1 Å². The molecule has 0 aliphatic heterocycles. The van der Waals surface area contributed by atoms with Crippen LogP contribution in [0.15, 0.2) is 30.9 Å². The number of rotatable bonds is 3. The van der Waals surface area contributed by atoms with Gasteiger partial charge in [-0.05, 0) is 31.0 Å². The Labute approximate surface area is 72.7 Å². The van der Waals surface area contributed by atoms with Crippen LogP contribution in [0, 0.1) is 6.07 Å². The number of ketones is 1. The van der Waals surface area contributed by atoms with Crippen LogP contribution < -0.4 is 0 Å². The third-order valence-electron chi connectivity index (χ3n) is 1.63. The first-order chi connectivity index (χ1) is 5.74. The van der Waals surface area contributed by atoms with Gasteiger partial charge >= 0.3 is 0 Å². The van der Waals surface area contributed by atoms with Crippen LogP contribution in [0.3, 0.4) is 0 Å². The van der Waals surface area contributed by atoms with Gasteiger partial charge in [-0.3, -0.25) is 4.79 Å². The summed E-state index contributed by atoms with van der Waals surface area (Å²) in [6, 6.07) is 8.44. The van der Waals surface area contributed by atoms with Gasteiger partial charge in [-0.1, -0.05) is 18.2 Å². The lowest BCUT2D eigenvalue weighted by Crippen LogP contribution is -1.93. The molecule has 1 aromatic rings. The Morgan fingerprint density at radius 1 is 1.75 bits per heavy atom. The number of allylic oxidation sites excluding steroid dienone is 1. The predicted octanol–water partition coefficient (Wildman–Crippen LogP) is 2.42. The van der Waals surface area contributed by atoms with Crippen LogP contribution in [-0.2, 0) is 6.42 Å². The van der Waals surface area contributed by atoms with E-state index in [1.807, 2.05) is 6.07 Å². The molecule has 1 aromatic carbocycles. The molecule has 61 valence electrons. The average molecular weight is 159 g/mol. The van der Waals surface area contributed by atoms with Crippen molar-refractivity contribution in [3.63, 3.8) is 0 Å². The summed E-state index contributed by atoms with van der Waals surface area (Å²) in [6.07, 6.45) is 2.57. The summed E-state index contributed by atoms with van der Waals surface area (Å²) in [7, 11) is 0. The van der Waals surface area contributed by atoms with Crippen molar-refractivity contribution in [3.05, 3.63) is 48.0 Å². The quantitative estimate of drug-likeness (QED) is 0.489. The van der Waals surface area contributed by atoms with Gasteiger partial charge < -0.3 is 0 Å². The van der Waals surface area contributed by atoms with Crippen molar-refractivity contribution in [2.24, 2.45) is 0 Å². The summed E-state index contributed by atoms with van der Waals surface area (Å²) in [6.45, 7) is 5.19. The van der Waals surface area contributed by atoms with E-state index in [0.29, 0.717) is 0 Å². The topological polar surface area (TPSA) is 17.1 Å². The second-order valence-electron chi connectivity index (χ2n) is 2.65. The monoisotopic (exact) mass is 159 g/mol. The second kappa shape index (κ2) is 3.86. The van der Waals surface area contributed by atoms with Crippen molar-refractivity contribution in [3.8, 4) is 0 Å². The number of carbonyl (C=O) groups is 1. The van der Waals surface area contributed by atoms with Gasteiger partial charge in [0.05, 0.1) is 0 Å². The van der Waals surface area contributed by atoms with Gasteiger partial charge in [0.1, 0.15) is 0 Å². The maximum Gasteiger partial charge on any atom is 0.159 e. The normalized spacial score (nSPS) is 9.42. The molecule has 0 heterocycles. The lowest BCUT2D eigenvalue weighted by molar-refractivity contribution is 0.101. The van der Waals surface area contributed by atoms with Gasteiger partial charge in [0, 0.05) is 5.56 Å². The van der Waals surface area contributed by atoms with Crippen LogP contribution in [0.5, 0.6) is 0 Å². The summed E-state index contributed by atoms with van der Waals surface area (Å²) in [5.41, 5.74) is 1.75. The molecule has 1 radical (unpaired) electrons. The van der Waals surface area contributed by atoms with E-state index in [1.165, 1.54) is 0 Å². The molecule has 12 heavy (non-hydrogen) atoms. The molecule has 0 saturated carbocycles. The van der Waals surface area contributed by atoms with E-state index >= 15 is 0 Å². The number of hydrogen-bond acceptors (Lipinski definition) is 1. The Morgan fingerprint density at radius 3 is 3.08 bits per heavy atom. The minimum Gasteiger partial charge on any atom is -0.295 e. The molecule has 1 nitrogen and oxygen atoms in total. The Balaban J connectivity index is 2.95. The molecule has 0 spiro atoms. The van der Waals surface area contributed by atoms with E-state index in [-0.39, 0.29) is 5.78 Å². The molecule has 0 amide bonds. The smallest absolute Gasteiger partial charge is 0.159 e. The highest BCUT2D eigenvalue weighted by Crippen LogP contribution is 2.05. The van der Waals surface area contributed by atoms with Gasteiger partial charge in [-0.25, -0.2) is 0 Å². The van der Waals surface area contributed by atoms with E-state index in [4.69, 9.17) is 0 Å². The van der Waals surface area contributed by atoms with E-state index in [0.717, 1.165) is 17.5 Å². The molecule has 0 fully saturated rings. The first-order valence-electron chi connectivity index (χ1n) is 3.86. The fourth-order valence-electron chi connectivity index (χ4n) is 1.01. The lowest BCUT2D eigenvalue weighted by Gasteiger charge is -1.98. The molecule has 0 N–H and O–H groups in total. The SMILES string of the molecule is C=CCc1[c]ccc(C(C)=O)c1. The van der Waals surface area contributed by atoms with Crippen LogP contribution >= 0.6 is 0 Å². The van der Waals surface area contributed by atoms with Crippen molar-refractivity contribution in [2.45, 2.75) is 13.3 Å². The highest BCUT2D eigenvalue weighted by molar-refractivity contribution is 5.94. The van der Waals surface area contributed by atoms with Gasteiger partial charge in [-0.15, -0.1) is 6.58 Å². The van der Waals surface area contributed by atoms with Gasteiger partial charge in [0.25, 0.3) is 0 Å². The van der Waals surface area contributed by atoms with Crippen LogP contribution in [-0.4, -0.2) is 5.78 Å². The first-order valence-corrected chi connectivity index (χ1v) is 3.86. The van der Waals surface area contributed by atoms with Gasteiger partial charge in [0.15, 0.2) is 5.78 Å². The van der Waals surface area contributed by atoms with Crippen LogP contribution in [0.4, 0.5) is 0 Å². The molecule has 0 aliphatic carbocycles. The Hall–Kier alpha value is -1.37. The van der Waals surface area contributed by atoms with Gasteiger partial charge in [-0.2, -0.15) is 0 Å². The standard InChI is InChI=1S/C11H11O/c1-3-5-10-6-4-7-11(8-10)9(2)12/h3-4,7-8H,1,5H2,2H3. The maximum atomic E-state index is 11.0. The number of hydrogen-bond donors (Lipinski definition) is 0. The molecular weight excluding hydrogens is 148 g/mol. The lowest BCUT2D eigenvalue weighted by atomic mass is 10.1. The Kier molecular flexibility index (Phi) is 2.81. The summed E-state index contributed by atoms with van der Waals surface area (Å²) >= 11 is 0. The summed E-state index contributed by atoms with van der Waals surface area (Å²) < 4.78 is 0. The summed E-state index contributed by atoms with van der Waals surface area (Å²) in [5, 5.41) is 0. The Morgan fingerprint density at radius 2 is 2.50 bits per heavy atom. The number of benzene rings is 1. The van der Waals surface area contributed by atoms with Crippen LogP contribution in [0.2, 0.25) is 0 Å². The predicted molar refractivity (Wildman–Crippen MR) is 49.2 cm³/mol. The molecule has 1 heteroatoms. The third-order valence-corrected chi connectivity index (χ3v) is 1.63. The molecular formula is C11H11O. The van der Waals surface area contributed by atoms with Crippen molar-refractivity contribution in [1.82, 2.24) is 0 Å². The fraction of sp³-hybridized carbons (Fsp3) is 0.182. The Bertz CT molecular complexity index is 300. The zero-order valence-electron chi connectivity index (χ0n) is 7.13. The molecule has 0 atom stereocenters. The first kappa shape index (κ1) is 8.72. The second-order valence-corrected chi connectivity index (χ2v) is 2.65. The summed E-state index contributed by atoms with van der Waals surface area (Å²) in [4.78, 5) is 11.0. The number of Topliss-reactive ketones (excluding diaryl/α,β-unsaturated/α-hetero) is 1. The molecule has 0 saturated heterocycles. The highest BCUT2D eigenvalue weighted by atomic mass is 16.1. The highest BCUT2D eigenvalue weighted by Gasteiger charge is 1.98. The van der Waals surface area contributed by atoms with E-state index in [9.17, 15) is 4.79 Å². The van der Waals surface area contributed by atoms with Crippen molar-refractivity contribution < 1.29 is 4.79 Å². The van der Waals surface area contributed by atoms with Crippen LogP contribution in [0.1, 0.15) is 22.8 Å². The third kappa shape index (κ3) is 2.06. The molecule has 0 aromatic heterocycles.